The minimum atomic E-state index is -3.04. The summed E-state index contributed by atoms with van der Waals surface area (Å²) in [5, 5.41) is 0.564. The van der Waals surface area contributed by atoms with Gasteiger partial charge in [0, 0.05) is 17.6 Å². The Balaban J connectivity index is 2.22. The van der Waals surface area contributed by atoms with Crippen LogP contribution in [0.3, 0.4) is 0 Å². The predicted octanol–water partition coefficient (Wildman–Crippen LogP) is 1.99. The van der Waals surface area contributed by atoms with Crippen molar-refractivity contribution in [2.75, 3.05) is 18.6 Å². The molecule has 1 atom stereocenters. The van der Waals surface area contributed by atoms with Crippen molar-refractivity contribution < 1.29 is 13.2 Å². The van der Waals surface area contributed by atoms with Crippen LogP contribution in [0, 0.1) is 0 Å². The molecule has 0 radical (unpaired) electrons. The van der Waals surface area contributed by atoms with E-state index in [0.717, 1.165) is 0 Å². The number of hydrogen-bond donors (Lipinski definition) is 0. The third-order valence-corrected chi connectivity index (χ3v) is 5.83. The number of sulfone groups is 1. The Bertz CT molecular complexity index is 597. The van der Waals surface area contributed by atoms with Gasteiger partial charge in [-0.05, 0) is 37.6 Å². The van der Waals surface area contributed by atoms with Crippen molar-refractivity contribution in [3.05, 3.63) is 34.9 Å². The summed E-state index contributed by atoms with van der Waals surface area (Å²) in [5.41, 5.74) is -0.118. The van der Waals surface area contributed by atoms with Gasteiger partial charge in [0.1, 0.15) is 0 Å². The van der Waals surface area contributed by atoms with Gasteiger partial charge in [0.25, 0.3) is 5.91 Å². The molecule has 0 spiro atoms. The van der Waals surface area contributed by atoms with Crippen molar-refractivity contribution in [2.45, 2.75) is 18.9 Å². The van der Waals surface area contributed by atoms with Crippen LogP contribution < -0.4 is 0 Å². The summed E-state index contributed by atoms with van der Waals surface area (Å²) >= 11 is 5.78. The van der Waals surface area contributed by atoms with Gasteiger partial charge in [-0.2, -0.15) is 0 Å². The molecule has 0 bridgehead atoms. The van der Waals surface area contributed by atoms with Crippen LogP contribution in [0.1, 0.15) is 23.7 Å². The SMILES string of the molecule is CN(C(=O)c1ccc(Cl)cc1)[C@]1(C)CCS(=O)(=O)C1. The van der Waals surface area contributed by atoms with Crippen molar-refractivity contribution >= 4 is 27.3 Å². The molecular formula is C13H16ClNO3S. The van der Waals surface area contributed by atoms with Gasteiger partial charge in [-0.15, -0.1) is 0 Å². The second kappa shape index (κ2) is 4.80. The van der Waals surface area contributed by atoms with Crippen molar-refractivity contribution in [1.82, 2.24) is 4.90 Å². The lowest BCUT2D eigenvalue weighted by Crippen LogP contribution is -2.48. The third-order valence-electron chi connectivity index (χ3n) is 3.69. The fourth-order valence-corrected chi connectivity index (χ4v) is 4.60. The molecule has 1 aromatic rings. The maximum atomic E-state index is 12.3. The topological polar surface area (TPSA) is 54.5 Å². The average molecular weight is 302 g/mol. The molecule has 4 nitrogen and oxygen atoms in total. The Morgan fingerprint density at radius 1 is 1.32 bits per heavy atom. The lowest BCUT2D eigenvalue weighted by atomic mass is 9.99. The summed E-state index contributed by atoms with van der Waals surface area (Å²) in [6.07, 6.45) is 0.477. The second-order valence-electron chi connectivity index (χ2n) is 5.21. The first-order valence-corrected chi connectivity index (χ1v) is 8.18. The Kier molecular flexibility index (Phi) is 3.62. The molecule has 1 aliphatic rings. The van der Waals surface area contributed by atoms with E-state index < -0.39 is 15.4 Å². The molecule has 0 N–H and O–H groups in total. The molecule has 6 heteroatoms. The minimum Gasteiger partial charge on any atom is -0.335 e. The first-order valence-electron chi connectivity index (χ1n) is 5.98. The zero-order valence-corrected chi connectivity index (χ0v) is 12.5. The minimum absolute atomic E-state index is 0.0236. The molecule has 19 heavy (non-hydrogen) atoms. The summed E-state index contributed by atoms with van der Waals surface area (Å²) in [6, 6.07) is 6.59. The zero-order chi connectivity index (χ0) is 14.3. The van der Waals surface area contributed by atoms with Crippen molar-refractivity contribution in [3.63, 3.8) is 0 Å². The summed E-state index contributed by atoms with van der Waals surface area (Å²) in [5.74, 6) is -0.0198. The van der Waals surface area contributed by atoms with Crippen LogP contribution in [-0.2, 0) is 9.84 Å². The Labute approximate surface area is 118 Å². The number of nitrogens with zero attached hydrogens (tertiary/aromatic N) is 1. The normalized spacial score (nSPS) is 25.2. The molecule has 1 saturated heterocycles. The van der Waals surface area contributed by atoms with Crippen LogP contribution in [0.15, 0.2) is 24.3 Å². The predicted molar refractivity (Wildman–Crippen MR) is 75.2 cm³/mol. The maximum absolute atomic E-state index is 12.3. The van der Waals surface area contributed by atoms with Gasteiger partial charge in [-0.25, -0.2) is 8.42 Å². The fourth-order valence-electron chi connectivity index (χ4n) is 2.29. The highest BCUT2D eigenvalue weighted by molar-refractivity contribution is 7.91. The number of carbonyl (C=O) groups is 1. The first-order chi connectivity index (χ1) is 8.73. The number of halogens is 1. The largest absolute Gasteiger partial charge is 0.335 e. The van der Waals surface area contributed by atoms with Gasteiger partial charge in [0.2, 0.25) is 0 Å². The van der Waals surface area contributed by atoms with Gasteiger partial charge in [0.15, 0.2) is 9.84 Å². The molecule has 0 saturated carbocycles. The molecule has 1 aliphatic heterocycles. The average Bonchev–Trinajstić information content (AvgIpc) is 2.64. The van der Waals surface area contributed by atoms with Crippen LogP contribution in [0.25, 0.3) is 0 Å². The number of carbonyl (C=O) groups excluding carboxylic acids is 1. The molecule has 1 aromatic carbocycles. The van der Waals surface area contributed by atoms with Crippen LogP contribution >= 0.6 is 11.6 Å². The van der Waals surface area contributed by atoms with E-state index in [-0.39, 0.29) is 17.4 Å². The van der Waals surface area contributed by atoms with Crippen molar-refractivity contribution in [3.8, 4) is 0 Å². The van der Waals surface area contributed by atoms with Crippen molar-refractivity contribution in [1.29, 1.82) is 0 Å². The van der Waals surface area contributed by atoms with Gasteiger partial charge in [0.05, 0.1) is 17.0 Å². The van der Waals surface area contributed by atoms with E-state index in [1.165, 1.54) is 4.90 Å². The molecule has 0 aromatic heterocycles. The summed E-state index contributed by atoms with van der Waals surface area (Å²) in [6.45, 7) is 1.81. The van der Waals surface area contributed by atoms with Crippen molar-refractivity contribution in [2.24, 2.45) is 0 Å². The van der Waals surface area contributed by atoms with Gasteiger partial charge >= 0.3 is 0 Å². The molecule has 0 unspecified atom stereocenters. The Morgan fingerprint density at radius 3 is 2.37 bits per heavy atom. The van der Waals surface area contributed by atoms with E-state index in [2.05, 4.69) is 0 Å². The van der Waals surface area contributed by atoms with Crippen LogP contribution in [0.2, 0.25) is 5.02 Å². The van der Waals surface area contributed by atoms with Crippen LogP contribution in [0.5, 0.6) is 0 Å². The van der Waals surface area contributed by atoms with E-state index >= 15 is 0 Å². The van der Waals surface area contributed by atoms with E-state index in [4.69, 9.17) is 11.6 Å². The highest BCUT2D eigenvalue weighted by Crippen LogP contribution is 2.29. The van der Waals surface area contributed by atoms with Gasteiger partial charge in [-0.1, -0.05) is 11.6 Å². The summed E-state index contributed by atoms with van der Waals surface area (Å²) < 4.78 is 23.2. The monoisotopic (exact) mass is 301 g/mol. The van der Waals surface area contributed by atoms with E-state index in [9.17, 15) is 13.2 Å². The van der Waals surface area contributed by atoms with Gasteiger partial charge in [-0.3, -0.25) is 4.79 Å². The van der Waals surface area contributed by atoms with Crippen LogP contribution in [0.4, 0.5) is 0 Å². The maximum Gasteiger partial charge on any atom is 0.254 e. The standard InChI is InChI=1S/C13H16ClNO3S/c1-13(7-8-19(17,18)9-13)15(2)12(16)10-3-5-11(14)6-4-10/h3-6H,7-9H2,1-2H3/t13-/m1/s1. The molecule has 2 rings (SSSR count). The lowest BCUT2D eigenvalue weighted by molar-refractivity contribution is 0.0638. The van der Waals surface area contributed by atoms with Crippen LogP contribution in [-0.4, -0.2) is 43.3 Å². The molecule has 0 aliphatic carbocycles. The van der Waals surface area contributed by atoms with E-state index in [1.54, 1.807) is 31.3 Å². The fraction of sp³-hybridized carbons (Fsp3) is 0.462. The van der Waals surface area contributed by atoms with Gasteiger partial charge < -0.3 is 4.90 Å². The Morgan fingerprint density at radius 2 is 1.89 bits per heavy atom. The molecule has 1 amide bonds. The number of hydrogen-bond acceptors (Lipinski definition) is 3. The molecular weight excluding hydrogens is 286 g/mol. The summed E-state index contributed by atoms with van der Waals surface area (Å²) in [4.78, 5) is 13.9. The third kappa shape index (κ3) is 2.92. The number of benzene rings is 1. The quantitative estimate of drug-likeness (QED) is 0.839. The molecule has 104 valence electrons. The zero-order valence-electron chi connectivity index (χ0n) is 10.9. The summed E-state index contributed by atoms with van der Waals surface area (Å²) in [7, 11) is -1.39. The number of rotatable bonds is 2. The Hall–Kier alpha value is -1.07. The van der Waals surface area contributed by atoms with E-state index in [1.807, 2.05) is 6.92 Å². The number of amides is 1. The molecule has 1 heterocycles. The lowest BCUT2D eigenvalue weighted by Gasteiger charge is -2.34. The first kappa shape index (κ1) is 14.3. The highest BCUT2D eigenvalue weighted by Gasteiger charge is 2.43. The molecule has 1 fully saturated rings. The smallest absolute Gasteiger partial charge is 0.254 e. The highest BCUT2D eigenvalue weighted by atomic mass is 35.5. The van der Waals surface area contributed by atoms with E-state index in [0.29, 0.717) is 17.0 Å². The second-order valence-corrected chi connectivity index (χ2v) is 7.83.